The lowest BCUT2D eigenvalue weighted by Gasteiger charge is -2.08. The summed E-state index contributed by atoms with van der Waals surface area (Å²) in [6.07, 6.45) is 1.25. The Kier molecular flexibility index (Phi) is 5.64. The summed E-state index contributed by atoms with van der Waals surface area (Å²) in [4.78, 5) is 11.8. The van der Waals surface area contributed by atoms with Crippen LogP contribution < -0.4 is 10.1 Å². The molecule has 0 saturated heterocycles. The summed E-state index contributed by atoms with van der Waals surface area (Å²) >= 11 is 5.79. The van der Waals surface area contributed by atoms with Gasteiger partial charge < -0.3 is 10.1 Å². The van der Waals surface area contributed by atoms with E-state index < -0.39 is 0 Å². The van der Waals surface area contributed by atoms with Gasteiger partial charge in [0.25, 0.3) is 0 Å². The summed E-state index contributed by atoms with van der Waals surface area (Å²) in [5.41, 5.74) is 2.02. The highest BCUT2D eigenvalue weighted by Gasteiger charge is 2.03. The molecular weight excluding hydrogens is 286 g/mol. The smallest absolute Gasteiger partial charge is 0.227 e. The first-order chi connectivity index (χ1) is 10.2. The van der Waals surface area contributed by atoms with Crippen molar-refractivity contribution in [3.8, 4) is 5.75 Å². The second-order valence-corrected chi connectivity index (χ2v) is 5.09. The van der Waals surface area contributed by atoms with Crippen molar-refractivity contribution in [3.63, 3.8) is 0 Å². The van der Waals surface area contributed by atoms with Gasteiger partial charge in [0, 0.05) is 10.7 Å². The highest BCUT2D eigenvalue weighted by Crippen LogP contribution is 2.16. The molecule has 0 saturated carbocycles. The molecule has 0 aliphatic rings. The number of aryl methyl sites for hydroxylation is 1. The molecule has 0 bridgehead atoms. The third-order valence-corrected chi connectivity index (χ3v) is 3.28. The molecule has 0 atom stereocenters. The van der Waals surface area contributed by atoms with Gasteiger partial charge in [-0.05, 0) is 48.4 Å². The van der Waals surface area contributed by atoms with Crippen molar-refractivity contribution < 1.29 is 9.53 Å². The van der Waals surface area contributed by atoms with Crippen molar-refractivity contribution in [2.24, 2.45) is 0 Å². The number of halogens is 1. The minimum Gasteiger partial charge on any atom is -0.493 e. The normalized spacial score (nSPS) is 10.2. The first-order valence-corrected chi connectivity index (χ1v) is 7.32. The van der Waals surface area contributed by atoms with Crippen molar-refractivity contribution in [2.45, 2.75) is 19.8 Å². The van der Waals surface area contributed by atoms with Gasteiger partial charge in [-0.15, -0.1) is 0 Å². The van der Waals surface area contributed by atoms with Gasteiger partial charge in [-0.25, -0.2) is 0 Å². The Balaban J connectivity index is 1.78. The molecule has 0 radical (unpaired) electrons. The zero-order chi connectivity index (χ0) is 15.1. The van der Waals surface area contributed by atoms with Gasteiger partial charge in [-0.1, -0.05) is 30.7 Å². The van der Waals surface area contributed by atoms with E-state index >= 15 is 0 Å². The molecule has 0 aliphatic carbocycles. The largest absolute Gasteiger partial charge is 0.493 e. The summed E-state index contributed by atoms with van der Waals surface area (Å²) in [6.45, 7) is 2.42. The lowest BCUT2D eigenvalue weighted by Crippen LogP contribution is -2.15. The number of rotatable bonds is 6. The molecule has 0 heterocycles. The van der Waals surface area contributed by atoms with Gasteiger partial charge in [0.05, 0.1) is 13.0 Å². The number of carbonyl (C=O) groups excluding carboxylic acids is 1. The van der Waals surface area contributed by atoms with Gasteiger partial charge in [0.15, 0.2) is 0 Å². The Bertz CT molecular complexity index is 596. The van der Waals surface area contributed by atoms with Gasteiger partial charge in [-0.2, -0.15) is 0 Å². The molecule has 0 aromatic heterocycles. The van der Waals surface area contributed by atoms with Gasteiger partial charge >= 0.3 is 0 Å². The van der Waals surface area contributed by atoms with Crippen molar-refractivity contribution in [3.05, 3.63) is 59.1 Å². The number of nitrogens with one attached hydrogen (secondary N) is 1. The molecule has 3 nitrogen and oxygen atoms in total. The minimum absolute atomic E-state index is 0.0581. The molecule has 2 aromatic rings. The van der Waals surface area contributed by atoms with Crippen LogP contribution in [0.15, 0.2) is 48.5 Å². The monoisotopic (exact) mass is 303 g/mol. The Morgan fingerprint density at radius 2 is 1.95 bits per heavy atom. The predicted octanol–water partition coefficient (Wildman–Crippen LogP) is 4.31. The van der Waals surface area contributed by atoms with E-state index in [9.17, 15) is 4.79 Å². The lowest BCUT2D eigenvalue weighted by molar-refractivity contribution is -0.116. The number of ether oxygens (including phenoxy) is 1. The van der Waals surface area contributed by atoms with Gasteiger partial charge in [-0.3, -0.25) is 4.79 Å². The Labute approximate surface area is 129 Å². The summed E-state index contributed by atoms with van der Waals surface area (Å²) in [5, 5.41) is 3.53. The van der Waals surface area contributed by atoms with Crippen molar-refractivity contribution in [2.75, 3.05) is 11.9 Å². The summed E-state index contributed by atoms with van der Waals surface area (Å²) in [7, 11) is 0. The van der Waals surface area contributed by atoms with Crippen LogP contribution in [0.1, 0.15) is 18.9 Å². The number of anilines is 1. The Morgan fingerprint density at radius 3 is 2.67 bits per heavy atom. The molecule has 0 unspecified atom stereocenters. The molecule has 4 heteroatoms. The first kappa shape index (κ1) is 15.4. The van der Waals surface area contributed by atoms with Crippen LogP contribution in [0.2, 0.25) is 5.02 Å². The summed E-state index contributed by atoms with van der Waals surface area (Å²) in [5.74, 6) is 0.650. The van der Waals surface area contributed by atoms with E-state index in [2.05, 4.69) is 12.2 Å². The average Bonchev–Trinajstić information content (AvgIpc) is 2.49. The topological polar surface area (TPSA) is 38.3 Å². The van der Waals surface area contributed by atoms with Crippen LogP contribution in [-0.2, 0) is 11.2 Å². The molecule has 1 N–H and O–H groups in total. The van der Waals surface area contributed by atoms with E-state index in [0.717, 1.165) is 12.1 Å². The van der Waals surface area contributed by atoms with Crippen molar-refractivity contribution in [1.82, 2.24) is 0 Å². The molecule has 0 aliphatic heterocycles. The van der Waals surface area contributed by atoms with Crippen LogP contribution in [0.3, 0.4) is 0 Å². The average molecular weight is 304 g/mol. The van der Waals surface area contributed by atoms with Crippen LogP contribution in [0.5, 0.6) is 5.75 Å². The van der Waals surface area contributed by atoms with Crippen LogP contribution in [0, 0.1) is 0 Å². The van der Waals surface area contributed by atoms with E-state index in [-0.39, 0.29) is 5.91 Å². The SMILES string of the molecule is CCc1cccc(NC(=O)CCOc2ccc(Cl)cc2)c1. The number of hydrogen-bond donors (Lipinski definition) is 1. The van der Waals surface area contributed by atoms with E-state index in [1.165, 1.54) is 5.56 Å². The first-order valence-electron chi connectivity index (χ1n) is 6.94. The highest BCUT2D eigenvalue weighted by molar-refractivity contribution is 6.30. The zero-order valence-electron chi connectivity index (χ0n) is 11.9. The van der Waals surface area contributed by atoms with E-state index in [1.54, 1.807) is 24.3 Å². The number of hydrogen-bond acceptors (Lipinski definition) is 2. The lowest BCUT2D eigenvalue weighted by atomic mass is 10.1. The fraction of sp³-hybridized carbons (Fsp3) is 0.235. The van der Waals surface area contributed by atoms with Crippen LogP contribution in [-0.4, -0.2) is 12.5 Å². The van der Waals surface area contributed by atoms with Crippen LogP contribution >= 0.6 is 11.6 Å². The molecule has 0 fully saturated rings. The summed E-state index contributed by atoms with van der Waals surface area (Å²) in [6, 6.07) is 14.9. The Hall–Kier alpha value is -2.00. The van der Waals surface area contributed by atoms with Crippen molar-refractivity contribution in [1.29, 1.82) is 0 Å². The molecule has 1 amide bonds. The second kappa shape index (κ2) is 7.70. The molecular formula is C17H18ClNO2. The molecule has 21 heavy (non-hydrogen) atoms. The number of benzene rings is 2. The molecule has 0 spiro atoms. The maximum Gasteiger partial charge on any atom is 0.227 e. The number of carbonyl (C=O) groups is 1. The maximum absolute atomic E-state index is 11.8. The molecule has 2 rings (SSSR count). The van der Waals surface area contributed by atoms with Gasteiger partial charge in [0.2, 0.25) is 5.91 Å². The van der Waals surface area contributed by atoms with Crippen molar-refractivity contribution >= 4 is 23.2 Å². The standard InChI is InChI=1S/C17H18ClNO2/c1-2-13-4-3-5-15(12-13)19-17(20)10-11-21-16-8-6-14(18)7-9-16/h3-9,12H,2,10-11H2,1H3,(H,19,20). The van der Waals surface area contributed by atoms with E-state index in [4.69, 9.17) is 16.3 Å². The van der Waals surface area contributed by atoms with Crippen LogP contribution in [0.25, 0.3) is 0 Å². The van der Waals surface area contributed by atoms with Crippen LogP contribution in [0.4, 0.5) is 5.69 Å². The predicted molar refractivity (Wildman–Crippen MR) is 86.0 cm³/mol. The fourth-order valence-electron chi connectivity index (χ4n) is 1.88. The molecule has 110 valence electrons. The van der Waals surface area contributed by atoms with E-state index in [1.807, 2.05) is 24.3 Å². The Morgan fingerprint density at radius 1 is 1.19 bits per heavy atom. The minimum atomic E-state index is -0.0581. The fourth-order valence-corrected chi connectivity index (χ4v) is 2.01. The quantitative estimate of drug-likeness (QED) is 0.863. The molecule has 2 aromatic carbocycles. The second-order valence-electron chi connectivity index (χ2n) is 4.65. The third-order valence-electron chi connectivity index (χ3n) is 3.03. The van der Waals surface area contributed by atoms with Gasteiger partial charge in [0.1, 0.15) is 5.75 Å². The van der Waals surface area contributed by atoms with E-state index in [0.29, 0.717) is 23.8 Å². The third kappa shape index (κ3) is 5.12. The highest BCUT2D eigenvalue weighted by atomic mass is 35.5. The number of amides is 1. The maximum atomic E-state index is 11.8. The summed E-state index contributed by atoms with van der Waals surface area (Å²) < 4.78 is 5.49. The zero-order valence-corrected chi connectivity index (χ0v) is 12.7.